The van der Waals surface area contributed by atoms with Gasteiger partial charge in [0.2, 0.25) is 5.91 Å². The van der Waals surface area contributed by atoms with Crippen molar-refractivity contribution in [3.63, 3.8) is 0 Å². The summed E-state index contributed by atoms with van der Waals surface area (Å²) in [5.41, 5.74) is 0.553. The van der Waals surface area contributed by atoms with Gasteiger partial charge in [-0.2, -0.15) is 5.10 Å². The molecule has 0 radical (unpaired) electrons. The smallest absolute Gasteiger partial charge is 0.276 e. The lowest BCUT2D eigenvalue weighted by atomic mass is 10.2. The van der Waals surface area contributed by atoms with E-state index in [0.29, 0.717) is 11.9 Å². The number of rotatable bonds is 5. The van der Waals surface area contributed by atoms with E-state index in [4.69, 9.17) is 0 Å². The molecule has 2 aromatic heterocycles. The zero-order chi connectivity index (χ0) is 18.1. The second-order valence-electron chi connectivity index (χ2n) is 6.41. The summed E-state index contributed by atoms with van der Waals surface area (Å²) in [5, 5.41) is 8.84. The van der Waals surface area contributed by atoms with E-state index in [0.717, 1.165) is 27.0 Å². The van der Waals surface area contributed by atoms with Crippen molar-refractivity contribution < 1.29 is 4.79 Å². The summed E-state index contributed by atoms with van der Waals surface area (Å²) in [5.74, 6) is -0.199. The van der Waals surface area contributed by atoms with Gasteiger partial charge in [-0.05, 0) is 34.0 Å². The van der Waals surface area contributed by atoms with Gasteiger partial charge in [0.15, 0.2) is 0 Å². The standard InChI is InChI=1S/C18H22N4O2S/c1-11-16-15(13-7-5-6-8-14(13)25-16)18(24)22(20-11)12(2)17(23)19-9-10-21(3)4/h5-8,12H,9-10H2,1-4H3,(H,19,23). The predicted molar refractivity (Wildman–Crippen MR) is 102 cm³/mol. The Morgan fingerprint density at radius 3 is 2.80 bits per heavy atom. The predicted octanol–water partition coefficient (Wildman–Crippen LogP) is 2.16. The third-order valence-corrected chi connectivity index (χ3v) is 5.49. The number of thiophene rings is 1. The summed E-state index contributed by atoms with van der Waals surface area (Å²) in [6, 6.07) is 7.17. The Morgan fingerprint density at radius 1 is 1.36 bits per heavy atom. The third kappa shape index (κ3) is 3.29. The lowest BCUT2D eigenvalue weighted by Crippen LogP contribution is -2.39. The number of fused-ring (bicyclic) bond motifs is 3. The molecule has 6 nitrogen and oxygen atoms in total. The van der Waals surface area contributed by atoms with Gasteiger partial charge >= 0.3 is 0 Å². The number of nitrogens with zero attached hydrogens (tertiary/aromatic N) is 3. The molecule has 1 N–H and O–H groups in total. The van der Waals surface area contributed by atoms with Gasteiger partial charge in [0, 0.05) is 23.2 Å². The molecule has 0 spiro atoms. The van der Waals surface area contributed by atoms with E-state index >= 15 is 0 Å². The quantitative estimate of drug-likeness (QED) is 0.759. The summed E-state index contributed by atoms with van der Waals surface area (Å²) in [4.78, 5) is 27.4. The molecule has 0 saturated heterocycles. The lowest BCUT2D eigenvalue weighted by Gasteiger charge is -2.16. The highest BCUT2D eigenvalue weighted by Crippen LogP contribution is 2.32. The molecule has 0 aliphatic carbocycles. The van der Waals surface area contributed by atoms with Gasteiger partial charge in [-0.1, -0.05) is 18.2 Å². The van der Waals surface area contributed by atoms with Crippen molar-refractivity contribution in [3.8, 4) is 0 Å². The van der Waals surface area contributed by atoms with Crippen LogP contribution in [0.2, 0.25) is 0 Å². The Morgan fingerprint density at radius 2 is 2.08 bits per heavy atom. The molecular formula is C18H22N4O2S. The van der Waals surface area contributed by atoms with Gasteiger partial charge in [0.1, 0.15) is 6.04 Å². The molecular weight excluding hydrogens is 336 g/mol. The van der Waals surface area contributed by atoms with Crippen LogP contribution in [0.1, 0.15) is 18.7 Å². The number of hydrogen-bond donors (Lipinski definition) is 1. The average molecular weight is 358 g/mol. The number of carbonyl (C=O) groups excluding carboxylic acids is 1. The molecule has 25 heavy (non-hydrogen) atoms. The number of likely N-dealkylation sites (N-methyl/N-ethyl adjacent to an activating group) is 1. The average Bonchev–Trinajstić information content (AvgIpc) is 2.97. The van der Waals surface area contributed by atoms with E-state index in [1.807, 2.05) is 50.2 Å². The highest BCUT2D eigenvalue weighted by Gasteiger charge is 2.21. The summed E-state index contributed by atoms with van der Waals surface area (Å²) < 4.78 is 3.25. The van der Waals surface area contributed by atoms with Crippen molar-refractivity contribution in [2.45, 2.75) is 19.9 Å². The molecule has 7 heteroatoms. The molecule has 1 amide bonds. The molecule has 0 aliphatic rings. The van der Waals surface area contributed by atoms with Crippen molar-refractivity contribution in [2.75, 3.05) is 27.2 Å². The fraction of sp³-hybridized carbons (Fsp3) is 0.389. The van der Waals surface area contributed by atoms with Crippen LogP contribution in [0, 0.1) is 6.92 Å². The van der Waals surface area contributed by atoms with E-state index in [-0.39, 0.29) is 11.5 Å². The van der Waals surface area contributed by atoms with Crippen LogP contribution in [0.25, 0.3) is 20.2 Å². The van der Waals surface area contributed by atoms with E-state index in [2.05, 4.69) is 10.4 Å². The van der Waals surface area contributed by atoms with Crippen LogP contribution in [0.3, 0.4) is 0 Å². The maximum Gasteiger partial charge on any atom is 0.276 e. The SMILES string of the molecule is Cc1nn(C(C)C(=O)NCCN(C)C)c(=O)c2c1sc1ccccc12. The van der Waals surface area contributed by atoms with Crippen LogP contribution in [-0.2, 0) is 4.79 Å². The van der Waals surface area contributed by atoms with Gasteiger partial charge in [0.05, 0.1) is 15.8 Å². The first-order valence-electron chi connectivity index (χ1n) is 8.23. The molecule has 0 fully saturated rings. The maximum atomic E-state index is 13.0. The highest BCUT2D eigenvalue weighted by atomic mass is 32.1. The minimum absolute atomic E-state index is 0.199. The second kappa shape index (κ2) is 6.93. The summed E-state index contributed by atoms with van der Waals surface area (Å²) in [6.07, 6.45) is 0. The summed E-state index contributed by atoms with van der Waals surface area (Å²) in [6.45, 7) is 4.87. The normalized spacial score (nSPS) is 12.8. The van der Waals surface area contributed by atoms with Gasteiger partial charge in [-0.15, -0.1) is 11.3 Å². The number of carbonyl (C=O) groups is 1. The van der Waals surface area contributed by atoms with Crippen molar-refractivity contribution in [1.82, 2.24) is 20.0 Å². The minimum Gasteiger partial charge on any atom is -0.353 e. The Labute approximate surface area is 150 Å². The molecule has 0 saturated carbocycles. The number of amides is 1. The van der Waals surface area contributed by atoms with Crippen LogP contribution in [-0.4, -0.2) is 47.8 Å². The van der Waals surface area contributed by atoms with Crippen molar-refractivity contribution in [2.24, 2.45) is 0 Å². The Bertz CT molecular complexity index is 990. The maximum absolute atomic E-state index is 13.0. The first-order chi connectivity index (χ1) is 11.9. The zero-order valence-corrected chi connectivity index (χ0v) is 15.7. The molecule has 3 rings (SSSR count). The van der Waals surface area contributed by atoms with Crippen LogP contribution in [0.15, 0.2) is 29.1 Å². The van der Waals surface area contributed by atoms with E-state index in [1.165, 1.54) is 4.68 Å². The molecule has 1 unspecified atom stereocenters. The van der Waals surface area contributed by atoms with Crippen molar-refractivity contribution >= 4 is 37.4 Å². The summed E-state index contributed by atoms with van der Waals surface area (Å²) in [7, 11) is 3.89. The first-order valence-corrected chi connectivity index (χ1v) is 9.05. The number of aryl methyl sites for hydroxylation is 1. The Kier molecular flexibility index (Phi) is 4.87. The van der Waals surface area contributed by atoms with Crippen LogP contribution >= 0.6 is 11.3 Å². The zero-order valence-electron chi connectivity index (χ0n) is 14.9. The third-order valence-electron chi connectivity index (χ3n) is 4.21. The van der Waals surface area contributed by atoms with E-state index in [1.54, 1.807) is 18.3 Å². The Balaban J connectivity index is 2.02. The first kappa shape index (κ1) is 17.6. The molecule has 1 aromatic carbocycles. The second-order valence-corrected chi connectivity index (χ2v) is 7.46. The van der Waals surface area contributed by atoms with E-state index < -0.39 is 6.04 Å². The van der Waals surface area contributed by atoms with Gasteiger partial charge < -0.3 is 10.2 Å². The van der Waals surface area contributed by atoms with Crippen LogP contribution in [0.5, 0.6) is 0 Å². The molecule has 0 aliphatic heterocycles. The number of aromatic nitrogens is 2. The number of hydrogen-bond acceptors (Lipinski definition) is 5. The molecule has 1 atom stereocenters. The lowest BCUT2D eigenvalue weighted by molar-refractivity contribution is -0.124. The van der Waals surface area contributed by atoms with Crippen molar-refractivity contribution in [1.29, 1.82) is 0 Å². The summed E-state index contributed by atoms with van der Waals surface area (Å²) >= 11 is 1.57. The van der Waals surface area contributed by atoms with Gasteiger partial charge in [-0.3, -0.25) is 9.59 Å². The van der Waals surface area contributed by atoms with Gasteiger partial charge in [-0.25, -0.2) is 4.68 Å². The fourth-order valence-corrected chi connectivity index (χ4v) is 3.94. The Hall–Kier alpha value is -2.25. The number of benzene rings is 1. The molecule has 0 bridgehead atoms. The van der Waals surface area contributed by atoms with E-state index in [9.17, 15) is 9.59 Å². The monoisotopic (exact) mass is 358 g/mol. The molecule has 2 heterocycles. The van der Waals surface area contributed by atoms with Gasteiger partial charge in [0.25, 0.3) is 5.56 Å². The number of nitrogens with one attached hydrogen (secondary N) is 1. The van der Waals surface area contributed by atoms with Crippen LogP contribution in [0.4, 0.5) is 0 Å². The van der Waals surface area contributed by atoms with Crippen molar-refractivity contribution in [3.05, 3.63) is 40.3 Å². The molecule has 132 valence electrons. The molecule has 3 aromatic rings. The fourth-order valence-electron chi connectivity index (χ4n) is 2.80. The topological polar surface area (TPSA) is 67.2 Å². The largest absolute Gasteiger partial charge is 0.353 e. The highest BCUT2D eigenvalue weighted by molar-refractivity contribution is 7.26. The minimum atomic E-state index is -0.656. The van der Waals surface area contributed by atoms with Crippen LogP contribution < -0.4 is 10.9 Å².